The van der Waals surface area contributed by atoms with Crippen LogP contribution in [0.1, 0.15) is 22.3 Å². The van der Waals surface area contributed by atoms with Crippen molar-refractivity contribution >= 4 is 23.6 Å². The Kier molecular flexibility index (Phi) is 5.38. The maximum absolute atomic E-state index is 12.4. The Labute approximate surface area is 145 Å². The van der Waals surface area contributed by atoms with E-state index >= 15 is 0 Å². The molecule has 0 aliphatic carbocycles. The molecule has 2 saturated heterocycles. The van der Waals surface area contributed by atoms with E-state index in [-0.39, 0.29) is 23.8 Å². The van der Waals surface area contributed by atoms with Gasteiger partial charge in [-0.2, -0.15) is 5.26 Å². The lowest BCUT2D eigenvalue weighted by Crippen LogP contribution is -2.42. The first kappa shape index (κ1) is 16.8. The molecule has 6 nitrogen and oxygen atoms in total. The molecule has 2 aliphatic rings. The molecule has 126 valence electrons. The van der Waals surface area contributed by atoms with Gasteiger partial charge in [-0.25, -0.2) is 0 Å². The predicted octanol–water partition coefficient (Wildman–Crippen LogP) is 0.799. The van der Waals surface area contributed by atoms with Gasteiger partial charge in [0.15, 0.2) is 0 Å². The molecule has 0 bridgehead atoms. The zero-order chi connectivity index (χ0) is 16.9. The van der Waals surface area contributed by atoms with Crippen LogP contribution in [-0.4, -0.2) is 54.0 Å². The van der Waals surface area contributed by atoms with Crippen LogP contribution >= 0.6 is 11.8 Å². The molecular weight excluding hydrogens is 324 g/mol. The summed E-state index contributed by atoms with van der Waals surface area (Å²) in [6.45, 7) is 2.09. The van der Waals surface area contributed by atoms with Gasteiger partial charge in [0.05, 0.1) is 23.6 Å². The van der Waals surface area contributed by atoms with E-state index < -0.39 is 0 Å². The Balaban J connectivity index is 1.48. The van der Waals surface area contributed by atoms with Crippen molar-refractivity contribution in [3.8, 4) is 6.07 Å². The molecule has 2 N–H and O–H groups in total. The zero-order valence-corrected chi connectivity index (χ0v) is 14.1. The van der Waals surface area contributed by atoms with Gasteiger partial charge in [0.2, 0.25) is 5.91 Å². The SMILES string of the molecule is N#Cc1cccc(C(=O)NCC2CN[C@H](C(=O)N3CCSC3)C2)c1. The van der Waals surface area contributed by atoms with Gasteiger partial charge >= 0.3 is 0 Å². The van der Waals surface area contributed by atoms with Crippen molar-refractivity contribution in [2.45, 2.75) is 12.5 Å². The number of carbonyl (C=O) groups is 2. The van der Waals surface area contributed by atoms with Crippen LogP contribution in [0.3, 0.4) is 0 Å². The molecule has 1 aromatic carbocycles. The maximum Gasteiger partial charge on any atom is 0.251 e. The van der Waals surface area contributed by atoms with Crippen LogP contribution in [0.5, 0.6) is 0 Å². The minimum Gasteiger partial charge on any atom is -0.352 e. The summed E-state index contributed by atoms with van der Waals surface area (Å²) in [4.78, 5) is 26.4. The Morgan fingerprint density at radius 1 is 1.46 bits per heavy atom. The molecule has 1 aromatic rings. The molecule has 2 fully saturated rings. The van der Waals surface area contributed by atoms with Gasteiger partial charge in [-0.1, -0.05) is 6.07 Å². The molecule has 2 heterocycles. The minimum absolute atomic E-state index is 0.132. The number of thioether (sulfide) groups is 1. The van der Waals surface area contributed by atoms with Crippen LogP contribution < -0.4 is 10.6 Å². The van der Waals surface area contributed by atoms with E-state index in [0.29, 0.717) is 17.7 Å². The van der Waals surface area contributed by atoms with Crippen molar-refractivity contribution in [1.29, 1.82) is 5.26 Å². The van der Waals surface area contributed by atoms with Gasteiger partial charge in [0, 0.05) is 31.0 Å². The van der Waals surface area contributed by atoms with Crippen molar-refractivity contribution in [2.24, 2.45) is 5.92 Å². The number of benzene rings is 1. The van der Waals surface area contributed by atoms with Crippen molar-refractivity contribution in [3.05, 3.63) is 35.4 Å². The van der Waals surface area contributed by atoms with Gasteiger partial charge in [-0.3, -0.25) is 9.59 Å². The lowest BCUT2D eigenvalue weighted by molar-refractivity contribution is -0.131. The second-order valence-electron chi connectivity index (χ2n) is 6.10. The maximum atomic E-state index is 12.4. The van der Waals surface area contributed by atoms with E-state index in [4.69, 9.17) is 5.26 Å². The van der Waals surface area contributed by atoms with E-state index in [1.54, 1.807) is 36.0 Å². The van der Waals surface area contributed by atoms with Gasteiger partial charge in [0.1, 0.15) is 0 Å². The third-order valence-corrected chi connectivity index (χ3v) is 5.36. The standard InChI is InChI=1S/C17H20N4O2S/c18-8-12-2-1-3-14(6-12)16(22)20-10-13-7-15(19-9-13)17(23)21-4-5-24-11-21/h1-3,6,13,15,19H,4-5,7,9-11H2,(H,20,22)/t13?,15-/m0/s1. The molecule has 0 aromatic heterocycles. The van der Waals surface area contributed by atoms with E-state index in [1.807, 2.05) is 11.0 Å². The van der Waals surface area contributed by atoms with Crippen LogP contribution in [-0.2, 0) is 4.79 Å². The van der Waals surface area contributed by atoms with Crippen molar-refractivity contribution in [2.75, 3.05) is 31.3 Å². The van der Waals surface area contributed by atoms with Crippen molar-refractivity contribution in [1.82, 2.24) is 15.5 Å². The number of nitriles is 1. The molecule has 0 spiro atoms. The monoisotopic (exact) mass is 344 g/mol. The molecule has 2 atom stereocenters. The van der Waals surface area contributed by atoms with E-state index in [9.17, 15) is 9.59 Å². The fourth-order valence-electron chi connectivity index (χ4n) is 3.03. The van der Waals surface area contributed by atoms with Gasteiger partial charge < -0.3 is 15.5 Å². The lowest BCUT2D eigenvalue weighted by atomic mass is 10.0. The first-order valence-electron chi connectivity index (χ1n) is 8.05. The summed E-state index contributed by atoms with van der Waals surface area (Å²) in [5, 5.41) is 15.1. The number of hydrogen-bond donors (Lipinski definition) is 2. The average molecular weight is 344 g/mol. The third-order valence-electron chi connectivity index (χ3n) is 4.39. The molecular formula is C17H20N4O2S. The Morgan fingerprint density at radius 3 is 3.08 bits per heavy atom. The number of nitrogens with zero attached hydrogens (tertiary/aromatic N) is 2. The zero-order valence-electron chi connectivity index (χ0n) is 13.3. The number of amides is 2. The largest absolute Gasteiger partial charge is 0.352 e. The highest BCUT2D eigenvalue weighted by molar-refractivity contribution is 7.99. The van der Waals surface area contributed by atoms with Gasteiger partial charge in [0.25, 0.3) is 5.91 Å². The third kappa shape index (κ3) is 3.89. The van der Waals surface area contributed by atoms with Crippen molar-refractivity contribution < 1.29 is 9.59 Å². The fraction of sp³-hybridized carbons (Fsp3) is 0.471. The predicted molar refractivity (Wildman–Crippen MR) is 92.4 cm³/mol. The molecule has 7 heteroatoms. The highest BCUT2D eigenvalue weighted by atomic mass is 32.2. The number of nitrogens with one attached hydrogen (secondary N) is 2. The second-order valence-corrected chi connectivity index (χ2v) is 7.18. The summed E-state index contributed by atoms with van der Waals surface area (Å²) in [5.74, 6) is 2.04. The number of hydrogen-bond acceptors (Lipinski definition) is 5. The summed E-state index contributed by atoms with van der Waals surface area (Å²) in [5.41, 5.74) is 0.959. The minimum atomic E-state index is -0.183. The molecule has 3 rings (SSSR count). The first-order chi connectivity index (χ1) is 11.7. The summed E-state index contributed by atoms with van der Waals surface area (Å²) < 4.78 is 0. The van der Waals surface area contributed by atoms with E-state index in [1.165, 1.54) is 0 Å². The van der Waals surface area contributed by atoms with Crippen LogP contribution in [0, 0.1) is 17.2 Å². The molecule has 24 heavy (non-hydrogen) atoms. The quantitative estimate of drug-likeness (QED) is 0.844. The Hall–Kier alpha value is -2.04. The smallest absolute Gasteiger partial charge is 0.251 e. The summed E-state index contributed by atoms with van der Waals surface area (Å²) >= 11 is 1.78. The summed E-state index contributed by atoms with van der Waals surface area (Å²) in [7, 11) is 0. The highest BCUT2D eigenvalue weighted by Crippen LogP contribution is 2.20. The van der Waals surface area contributed by atoms with Crippen LogP contribution in [0.4, 0.5) is 0 Å². The highest BCUT2D eigenvalue weighted by Gasteiger charge is 2.33. The van der Waals surface area contributed by atoms with Gasteiger partial charge in [-0.15, -0.1) is 11.8 Å². The van der Waals surface area contributed by atoms with E-state index in [0.717, 1.165) is 31.1 Å². The summed E-state index contributed by atoms with van der Waals surface area (Å²) in [6.07, 6.45) is 0.749. The van der Waals surface area contributed by atoms with Crippen LogP contribution in [0.15, 0.2) is 24.3 Å². The average Bonchev–Trinajstić information content (AvgIpc) is 3.31. The molecule has 0 saturated carbocycles. The van der Waals surface area contributed by atoms with Gasteiger partial charge in [-0.05, 0) is 30.5 Å². The van der Waals surface area contributed by atoms with E-state index in [2.05, 4.69) is 10.6 Å². The molecule has 1 unspecified atom stereocenters. The second kappa shape index (κ2) is 7.69. The molecule has 0 radical (unpaired) electrons. The van der Waals surface area contributed by atoms with Crippen LogP contribution in [0.25, 0.3) is 0 Å². The molecule has 2 aliphatic heterocycles. The Bertz CT molecular complexity index is 667. The molecule has 2 amide bonds. The topological polar surface area (TPSA) is 85.2 Å². The normalized spacial score (nSPS) is 23.0. The Morgan fingerprint density at radius 2 is 2.33 bits per heavy atom. The fourth-order valence-corrected chi connectivity index (χ4v) is 3.99. The van der Waals surface area contributed by atoms with Crippen LogP contribution in [0.2, 0.25) is 0 Å². The summed E-state index contributed by atoms with van der Waals surface area (Å²) in [6, 6.07) is 8.55. The van der Waals surface area contributed by atoms with Crippen molar-refractivity contribution in [3.63, 3.8) is 0 Å². The first-order valence-corrected chi connectivity index (χ1v) is 9.21. The lowest BCUT2D eigenvalue weighted by Gasteiger charge is -2.19. The number of carbonyl (C=O) groups excluding carboxylic acids is 2. The number of rotatable bonds is 4.